The van der Waals surface area contributed by atoms with Crippen LogP contribution >= 0.6 is 0 Å². The summed E-state index contributed by atoms with van der Waals surface area (Å²) in [6, 6.07) is 0. The zero-order valence-electron chi connectivity index (χ0n) is 8.32. The van der Waals surface area contributed by atoms with E-state index < -0.39 is 10.0 Å². The lowest BCUT2D eigenvalue weighted by molar-refractivity contribution is -0.128. The normalized spacial score (nSPS) is 17.4. The molecule has 82 valence electrons. The van der Waals surface area contributed by atoms with Gasteiger partial charge in [0.15, 0.2) is 0 Å². The molecule has 14 heavy (non-hydrogen) atoms. The molecular weight excluding hydrogens is 204 g/mol. The molecular formula is C8H16N2O3S. The van der Waals surface area contributed by atoms with Gasteiger partial charge < -0.3 is 4.90 Å². The number of hydrogen-bond acceptors (Lipinski definition) is 3. The number of carbonyl (C=O) groups excluding carboxylic acids is 1. The molecule has 1 fully saturated rings. The molecule has 1 amide bonds. The SMILES string of the molecule is CCS(=O)(=O)NCC(=O)N1CCCC1. The molecule has 0 aromatic heterocycles. The van der Waals surface area contributed by atoms with Crippen LogP contribution in [0, 0.1) is 0 Å². The molecule has 1 aliphatic heterocycles. The van der Waals surface area contributed by atoms with Crippen LogP contribution in [0.2, 0.25) is 0 Å². The first-order valence-electron chi connectivity index (χ1n) is 4.80. The molecule has 0 aromatic rings. The average Bonchev–Trinajstić information content (AvgIpc) is 2.67. The van der Waals surface area contributed by atoms with Crippen molar-refractivity contribution in [3.05, 3.63) is 0 Å². The molecule has 5 nitrogen and oxygen atoms in total. The molecule has 1 aliphatic rings. The number of nitrogens with zero attached hydrogens (tertiary/aromatic N) is 1. The molecule has 1 saturated heterocycles. The van der Waals surface area contributed by atoms with Gasteiger partial charge in [0.2, 0.25) is 15.9 Å². The highest BCUT2D eigenvalue weighted by molar-refractivity contribution is 7.89. The summed E-state index contributed by atoms with van der Waals surface area (Å²) in [5.41, 5.74) is 0. The van der Waals surface area contributed by atoms with Crippen LogP contribution in [0.4, 0.5) is 0 Å². The van der Waals surface area contributed by atoms with Crippen LogP contribution < -0.4 is 4.72 Å². The molecule has 0 saturated carbocycles. The third-order valence-corrected chi connectivity index (χ3v) is 3.63. The molecule has 0 spiro atoms. The van der Waals surface area contributed by atoms with Crippen LogP contribution in [0.25, 0.3) is 0 Å². The van der Waals surface area contributed by atoms with E-state index in [0.717, 1.165) is 25.9 Å². The van der Waals surface area contributed by atoms with E-state index in [2.05, 4.69) is 4.72 Å². The molecule has 0 bridgehead atoms. The number of rotatable bonds is 4. The molecule has 1 N–H and O–H groups in total. The summed E-state index contributed by atoms with van der Waals surface area (Å²) >= 11 is 0. The Morgan fingerprint density at radius 1 is 1.36 bits per heavy atom. The fraction of sp³-hybridized carbons (Fsp3) is 0.875. The van der Waals surface area contributed by atoms with Crippen LogP contribution in [0.3, 0.4) is 0 Å². The van der Waals surface area contributed by atoms with Gasteiger partial charge in [0.05, 0.1) is 12.3 Å². The van der Waals surface area contributed by atoms with Crippen molar-refractivity contribution in [2.75, 3.05) is 25.4 Å². The minimum absolute atomic E-state index is 0.0142. The van der Waals surface area contributed by atoms with E-state index in [1.165, 1.54) is 0 Å². The van der Waals surface area contributed by atoms with Crippen molar-refractivity contribution >= 4 is 15.9 Å². The monoisotopic (exact) mass is 220 g/mol. The van der Waals surface area contributed by atoms with Gasteiger partial charge in [-0.3, -0.25) is 4.79 Å². The minimum atomic E-state index is -3.24. The number of likely N-dealkylation sites (tertiary alicyclic amines) is 1. The van der Waals surface area contributed by atoms with Gasteiger partial charge in [0.1, 0.15) is 0 Å². The van der Waals surface area contributed by atoms with Gasteiger partial charge in [-0.15, -0.1) is 0 Å². The Morgan fingerprint density at radius 3 is 2.43 bits per heavy atom. The van der Waals surface area contributed by atoms with Gasteiger partial charge in [-0.25, -0.2) is 13.1 Å². The topological polar surface area (TPSA) is 66.5 Å². The van der Waals surface area contributed by atoms with Crippen LogP contribution in [-0.4, -0.2) is 44.6 Å². The van der Waals surface area contributed by atoms with E-state index in [-0.39, 0.29) is 18.2 Å². The van der Waals surface area contributed by atoms with Gasteiger partial charge in [0.25, 0.3) is 0 Å². The lowest BCUT2D eigenvalue weighted by atomic mass is 10.4. The molecule has 0 radical (unpaired) electrons. The Labute approximate surface area is 84.5 Å². The van der Waals surface area contributed by atoms with E-state index in [1.807, 2.05) is 0 Å². The average molecular weight is 220 g/mol. The lowest BCUT2D eigenvalue weighted by Gasteiger charge is -2.15. The highest BCUT2D eigenvalue weighted by Gasteiger charge is 2.18. The molecule has 0 aliphatic carbocycles. The first-order chi connectivity index (χ1) is 6.55. The third-order valence-electron chi connectivity index (χ3n) is 2.28. The summed E-state index contributed by atoms with van der Waals surface area (Å²) in [4.78, 5) is 13.1. The van der Waals surface area contributed by atoms with Crippen molar-refractivity contribution in [1.29, 1.82) is 0 Å². The van der Waals surface area contributed by atoms with Crippen molar-refractivity contribution in [2.45, 2.75) is 19.8 Å². The maximum absolute atomic E-state index is 11.4. The number of sulfonamides is 1. The van der Waals surface area contributed by atoms with Crippen molar-refractivity contribution in [2.24, 2.45) is 0 Å². The van der Waals surface area contributed by atoms with Gasteiger partial charge >= 0.3 is 0 Å². The predicted octanol–water partition coefficient (Wildman–Crippen LogP) is -0.452. The standard InChI is InChI=1S/C8H16N2O3S/c1-2-14(12,13)9-7-8(11)10-5-3-4-6-10/h9H,2-7H2,1H3. The van der Waals surface area contributed by atoms with E-state index in [9.17, 15) is 13.2 Å². The Hall–Kier alpha value is -0.620. The number of hydrogen-bond donors (Lipinski definition) is 1. The van der Waals surface area contributed by atoms with Crippen LogP contribution in [0.1, 0.15) is 19.8 Å². The smallest absolute Gasteiger partial charge is 0.237 e. The van der Waals surface area contributed by atoms with Gasteiger partial charge in [-0.2, -0.15) is 0 Å². The van der Waals surface area contributed by atoms with E-state index in [4.69, 9.17) is 0 Å². The highest BCUT2D eigenvalue weighted by atomic mass is 32.2. The Kier molecular flexibility index (Phi) is 3.88. The Balaban J connectivity index is 2.34. The summed E-state index contributed by atoms with van der Waals surface area (Å²) in [5, 5.41) is 0. The number of amides is 1. The number of nitrogens with one attached hydrogen (secondary N) is 1. The fourth-order valence-corrected chi connectivity index (χ4v) is 1.90. The molecule has 1 rings (SSSR count). The zero-order valence-corrected chi connectivity index (χ0v) is 9.14. The Bertz CT molecular complexity index is 294. The number of carbonyl (C=O) groups is 1. The second-order valence-corrected chi connectivity index (χ2v) is 5.41. The summed E-state index contributed by atoms with van der Waals surface area (Å²) in [6.45, 7) is 2.96. The summed E-state index contributed by atoms with van der Waals surface area (Å²) < 4.78 is 24.3. The summed E-state index contributed by atoms with van der Waals surface area (Å²) in [6.07, 6.45) is 2.04. The first-order valence-corrected chi connectivity index (χ1v) is 6.45. The highest BCUT2D eigenvalue weighted by Crippen LogP contribution is 2.06. The first kappa shape index (κ1) is 11.5. The van der Waals surface area contributed by atoms with Crippen LogP contribution in [-0.2, 0) is 14.8 Å². The summed E-state index contributed by atoms with van der Waals surface area (Å²) in [5.74, 6) is -0.111. The van der Waals surface area contributed by atoms with Gasteiger partial charge in [-0.05, 0) is 19.8 Å². The molecule has 0 aromatic carbocycles. The van der Waals surface area contributed by atoms with E-state index in [0.29, 0.717) is 0 Å². The maximum atomic E-state index is 11.4. The van der Waals surface area contributed by atoms with Gasteiger partial charge in [0, 0.05) is 13.1 Å². The molecule has 0 unspecified atom stereocenters. The Morgan fingerprint density at radius 2 is 1.93 bits per heavy atom. The van der Waals surface area contributed by atoms with Crippen molar-refractivity contribution in [3.63, 3.8) is 0 Å². The van der Waals surface area contributed by atoms with Crippen LogP contribution in [0.15, 0.2) is 0 Å². The quantitative estimate of drug-likeness (QED) is 0.697. The zero-order chi connectivity index (χ0) is 10.6. The van der Waals surface area contributed by atoms with Gasteiger partial charge in [-0.1, -0.05) is 0 Å². The van der Waals surface area contributed by atoms with E-state index >= 15 is 0 Å². The molecule has 0 atom stereocenters. The van der Waals surface area contributed by atoms with Crippen molar-refractivity contribution in [3.8, 4) is 0 Å². The van der Waals surface area contributed by atoms with Crippen molar-refractivity contribution < 1.29 is 13.2 Å². The molecule has 1 heterocycles. The van der Waals surface area contributed by atoms with Crippen molar-refractivity contribution in [1.82, 2.24) is 9.62 Å². The van der Waals surface area contributed by atoms with E-state index in [1.54, 1.807) is 11.8 Å². The third kappa shape index (κ3) is 3.26. The summed E-state index contributed by atoms with van der Waals surface area (Å²) in [7, 11) is -3.24. The lowest BCUT2D eigenvalue weighted by Crippen LogP contribution is -2.39. The second-order valence-electron chi connectivity index (χ2n) is 3.31. The van der Waals surface area contributed by atoms with Crippen LogP contribution in [0.5, 0.6) is 0 Å². The molecule has 6 heteroatoms. The fourth-order valence-electron chi connectivity index (χ4n) is 1.35. The maximum Gasteiger partial charge on any atom is 0.237 e. The largest absolute Gasteiger partial charge is 0.342 e. The minimum Gasteiger partial charge on any atom is -0.342 e. The predicted molar refractivity (Wildman–Crippen MR) is 53.3 cm³/mol. The second kappa shape index (κ2) is 4.75.